The lowest BCUT2D eigenvalue weighted by Crippen LogP contribution is -2.27. The third-order valence-corrected chi connectivity index (χ3v) is 3.42. The molecule has 1 aromatic heterocycles. The number of rotatable bonds is 3. The summed E-state index contributed by atoms with van der Waals surface area (Å²) in [7, 11) is 0. The molecule has 0 bridgehead atoms. The highest BCUT2D eigenvalue weighted by atomic mass is 16.3. The van der Waals surface area contributed by atoms with Gasteiger partial charge < -0.3 is 4.42 Å². The van der Waals surface area contributed by atoms with E-state index in [1.54, 1.807) is 6.26 Å². The van der Waals surface area contributed by atoms with Gasteiger partial charge in [0, 0.05) is 25.2 Å². The maximum absolute atomic E-state index is 5.10. The summed E-state index contributed by atoms with van der Waals surface area (Å²) >= 11 is 0. The van der Waals surface area contributed by atoms with Crippen molar-refractivity contribution in [3.8, 4) is 0 Å². The molecule has 1 aromatic carbocycles. The highest BCUT2D eigenvalue weighted by Gasteiger charge is 2.13. The van der Waals surface area contributed by atoms with Crippen LogP contribution in [0.3, 0.4) is 0 Å². The highest BCUT2D eigenvalue weighted by Crippen LogP contribution is 2.22. The van der Waals surface area contributed by atoms with Crippen LogP contribution in [0.15, 0.2) is 59.4 Å². The van der Waals surface area contributed by atoms with Gasteiger partial charge in [-0.15, -0.1) is 0 Å². The number of hydrogen-bond acceptors (Lipinski definition) is 2. The molecule has 0 saturated carbocycles. The van der Waals surface area contributed by atoms with Gasteiger partial charge in [0.2, 0.25) is 0 Å². The minimum Gasteiger partial charge on any atom is -0.472 e. The van der Waals surface area contributed by atoms with Gasteiger partial charge in [-0.1, -0.05) is 36.4 Å². The van der Waals surface area contributed by atoms with Crippen molar-refractivity contribution in [2.45, 2.75) is 13.0 Å². The van der Waals surface area contributed by atoms with Gasteiger partial charge in [-0.05, 0) is 23.6 Å². The standard InChI is InChI=1S/C16H17NO/c1-2-4-15(5-3-1)16-6-9-17(10-7-16)12-14-8-11-18-13-14/h1-6,8,11,13H,7,9-10,12H2. The Morgan fingerprint density at radius 2 is 2.00 bits per heavy atom. The van der Waals surface area contributed by atoms with Crippen molar-refractivity contribution < 1.29 is 4.42 Å². The first-order chi connectivity index (χ1) is 8.92. The number of benzene rings is 1. The normalized spacial score (nSPS) is 16.6. The van der Waals surface area contributed by atoms with Gasteiger partial charge in [0.15, 0.2) is 0 Å². The van der Waals surface area contributed by atoms with Crippen LogP contribution in [0, 0.1) is 0 Å². The van der Waals surface area contributed by atoms with Crippen LogP contribution in [-0.2, 0) is 6.54 Å². The third kappa shape index (κ3) is 2.54. The Morgan fingerprint density at radius 3 is 2.67 bits per heavy atom. The molecule has 1 aliphatic heterocycles. The minimum atomic E-state index is 0.981. The predicted octanol–water partition coefficient (Wildman–Crippen LogP) is 3.57. The molecule has 2 nitrogen and oxygen atoms in total. The van der Waals surface area contributed by atoms with Crippen molar-refractivity contribution in [2.75, 3.05) is 13.1 Å². The lowest BCUT2D eigenvalue weighted by atomic mass is 9.99. The van der Waals surface area contributed by atoms with Crippen LogP contribution >= 0.6 is 0 Å². The molecule has 0 fully saturated rings. The monoisotopic (exact) mass is 239 g/mol. The Hall–Kier alpha value is -1.80. The van der Waals surface area contributed by atoms with Gasteiger partial charge in [0.1, 0.15) is 0 Å². The molecule has 0 N–H and O–H groups in total. The average Bonchev–Trinajstić information content (AvgIpc) is 2.94. The lowest BCUT2D eigenvalue weighted by molar-refractivity contribution is 0.293. The second kappa shape index (κ2) is 5.23. The summed E-state index contributed by atoms with van der Waals surface area (Å²) in [5.74, 6) is 0. The van der Waals surface area contributed by atoms with E-state index in [0.717, 1.165) is 26.1 Å². The van der Waals surface area contributed by atoms with Crippen molar-refractivity contribution in [1.82, 2.24) is 4.90 Å². The van der Waals surface area contributed by atoms with Crippen LogP contribution < -0.4 is 0 Å². The molecule has 3 rings (SSSR count). The van der Waals surface area contributed by atoms with Gasteiger partial charge in [-0.2, -0.15) is 0 Å². The van der Waals surface area contributed by atoms with Crippen LogP contribution in [-0.4, -0.2) is 18.0 Å². The van der Waals surface area contributed by atoms with Crippen molar-refractivity contribution in [3.63, 3.8) is 0 Å². The van der Waals surface area contributed by atoms with Crippen LogP contribution in [0.2, 0.25) is 0 Å². The molecule has 0 aliphatic carbocycles. The second-order valence-corrected chi connectivity index (χ2v) is 4.71. The fraction of sp³-hybridized carbons (Fsp3) is 0.250. The smallest absolute Gasteiger partial charge is 0.0947 e. The van der Waals surface area contributed by atoms with Crippen molar-refractivity contribution in [3.05, 3.63) is 66.1 Å². The first-order valence-corrected chi connectivity index (χ1v) is 6.40. The molecule has 2 aromatic rings. The van der Waals surface area contributed by atoms with Gasteiger partial charge in [-0.25, -0.2) is 0 Å². The molecule has 0 radical (unpaired) electrons. The molecule has 92 valence electrons. The topological polar surface area (TPSA) is 16.4 Å². The van der Waals surface area contributed by atoms with E-state index in [-0.39, 0.29) is 0 Å². The molecule has 0 unspecified atom stereocenters. The summed E-state index contributed by atoms with van der Waals surface area (Å²) < 4.78 is 5.10. The van der Waals surface area contributed by atoms with E-state index in [1.807, 2.05) is 12.3 Å². The first kappa shape index (κ1) is 11.3. The van der Waals surface area contributed by atoms with Crippen LogP contribution in [0.4, 0.5) is 0 Å². The fourth-order valence-electron chi connectivity index (χ4n) is 2.41. The van der Waals surface area contributed by atoms with Crippen molar-refractivity contribution >= 4 is 5.57 Å². The van der Waals surface area contributed by atoms with E-state index >= 15 is 0 Å². The number of nitrogens with zero attached hydrogens (tertiary/aromatic N) is 1. The Morgan fingerprint density at radius 1 is 1.11 bits per heavy atom. The van der Waals surface area contributed by atoms with Crippen molar-refractivity contribution in [2.24, 2.45) is 0 Å². The first-order valence-electron chi connectivity index (χ1n) is 6.40. The summed E-state index contributed by atoms with van der Waals surface area (Å²) in [5, 5.41) is 0. The SMILES string of the molecule is C1=C(c2ccccc2)CCN(Cc2ccoc2)C1. The molecule has 2 heteroatoms. The Labute approximate surface area is 108 Å². The second-order valence-electron chi connectivity index (χ2n) is 4.71. The van der Waals surface area contributed by atoms with Gasteiger partial charge in [-0.3, -0.25) is 4.90 Å². The Balaban J connectivity index is 1.65. The highest BCUT2D eigenvalue weighted by molar-refractivity contribution is 5.66. The quantitative estimate of drug-likeness (QED) is 0.814. The number of furan rings is 1. The molecule has 0 spiro atoms. The zero-order valence-electron chi connectivity index (χ0n) is 10.4. The number of hydrogen-bond donors (Lipinski definition) is 0. The summed E-state index contributed by atoms with van der Waals surface area (Å²) in [4.78, 5) is 2.44. The zero-order chi connectivity index (χ0) is 12.2. The molecule has 18 heavy (non-hydrogen) atoms. The molecule has 1 aliphatic rings. The van der Waals surface area contributed by atoms with Gasteiger partial charge in [0.25, 0.3) is 0 Å². The molecular weight excluding hydrogens is 222 g/mol. The summed E-state index contributed by atoms with van der Waals surface area (Å²) in [6, 6.07) is 12.7. The largest absolute Gasteiger partial charge is 0.472 e. The van der Waals surface area contributed by atoms with Gasteiger partial charge in [0.05, 0.1) is 12.5 Å². The fourth-order valence-corrected chi connectivity index (χ4v) is 2.41. The van der Waals surface area contributed by atoms with E-state index in [9.17, 15) is 0 Å². The third-order valence-electron chi connectivity index (χ3n) is 3.42. The lowest BCUT2D eigenvalue weighted by Gasteiger charge is -2.25. The van der Waals surface area contributed by atoms with E-state index in [1.165, 1.54) is 16.7 Å². The van der Waals surface area contributed by atoms with Crippen LogP contribution in [0.25, 0.3) is 5.57 Å². The average molecular weight is 239 g/mol. The van der Waals surface area contributed by atoms with E-state index in [4.69, 9.17) is 4.42 Å². The minimum absolute atomic E-state index is 0.981. The van der Waals surface area contributed by atoms with E-state index in [0.29, 0.717) is 0 Å². The molecule has 0 atom stereocenters. The Bertz CT molecular complexity index is 513. The van der Waals surface area contributed by atoms with Crippen LogP contribution in [0.1, 0.15) is 17.5 Å². The Kier molecular flexibility index (Phi) is 3.29. The maximum atomic E-state index is 5.10. The molecule has 0 amide bonds. The summed E-state index contributed by atoms with van der Waals surface area (Å²) in [6.45, 7) is 3.12. The summed E-state index contributed by atoms with van der Waals surface area (Å²) in [6.07, 6.45) is 7.04. The van der Waals surface area contributed by atoms with Gasteiger partial charge >= 0.3 is 0 Å². The zero-order valence-corrected chi connectivity index (χ0v) is 10.4. The maximum Gasteiger partial charge on any atom is 0.0947 e. The predicted molar refractivity (Wildman–Crippen MR) is 73.0 cm³/mol. The molecule has 2 heterocycles. The van der Waals surface area contributed by atoms with E-state index < -0.39 is 0 Å². The molecule has 0 saturated heterocycles. The van der Waals surface area contributed by atoms with Crippen LogP contribution in [0.5, 0.6) is 0 Å². The molecular formula is C16H17NO. The summed E-state index contributed by atoms with van der Waals surface area (Å²) in [5.41, 5.74) is 4.09. The van der Waals surface area contributed by atoms with E-state index in [2.05, 4.69) is 41.3 Å². The van der Waals surface area contributed by atoms with Crippen molar-refractivity contribution in [1.29, 1.82) is 0 Å².